The van der Waals surface area contributed by atoms with Crippen molar-refractivity contribution in [2.24, 2.45) is 0 Å². The van der Waals surface area contributed by atoms with Crippen molar-refractivity contribution in [3.63, 3.8) is 0 Å². The summed E-state index contributed by atoms with van der Waals surface area (Å²) in [5, 5.41) is 3.58. The van der Waals surface area contributed by atoms with Gasteiger partial charge in [-0.2, -0.15) is 0 Å². The first-order valence-electron chi connectivity index (χ1n) is 6.74. The Kier molecular flexibility index (Phi) is 3.86. The lowest BCUT2D eigenvalue weighted by Crippen LogP contribution is -2.14. The molecule has 0 unspecified atom stereocenters. The molecule has 0 aliphatic rings. The fourth-order valence-electron chi connectivity index (χ4n) is 2.28. The zero-order chi connectivity index (χ0) is 15.7. The van der Waals surface area contributed by atoms with Crippen LogP contribution in [0.3, 0.4) is 0 Å². The zero-order valence-electron chi connectivity index (χ0n) is 11.8. The van der Waals surface area contributed by atoms with Gasteiger partial charge in [-0.1, -0.05) is 23.7 Å². The van der Waals surface area contributed by atoms with Gasteiger partial charge in [-0.3, -0.25) is 4.79 Å². The second-order valence-electron chi connectivity index (χ2n) is 5.11. The largest absolute Gasteiger partial charge is 0.464 e. The van der Waals surface area contributed by atoms with Crippen molar-refractivity contribution in [2.75, 3.05) is 5.32 Å². The number of anilines is 1. The van der Waals surface area contributed by atoms with Crippen LogP contribution in [0.5, 0.6) is 0 Å². The Bertz CT molecular complexity index is 857. The van der Waals surface area contributed by atoms with E-state index in [0.717, 1.165) is 22.1 Å². The third-order valence-electron chi connectivity index (χ3n) is 3.37. The number of furan rings is 1. The molecule has 3 aromatic rings. The third kappa shape index (κ3) is 2.97. The number of carbonyl (C=O) groups is 1. The van der Waals surface area contributed by atoms with E-state index < -0.39 is 5.82 Å². The number of nitrogens with one attached hydrogen (secondary N) is 1. The highest BCUT2D eigenvalue weighted by Gasteiger charge is 2.11. The second-order valence-corrected chi connectivity index (χ2v) is 5.52. The average molecular weight is 318 g/mol. The second kappa shape index (κ2) is 5.81. The molecule has 0 radical (unpaired) electrons. The van der Waals surface area contributed by atoms with Gasteiger partial charge in [0, 0.05) is 16.6 Å². The summed E-state index contributed by atoms with van der Waals surface area (Å²) in [4.78, 5) is 12.1. The Labute approximate surface area is 131 Å². The predicted molar refractivity (Wildman–Crippen MR) is 84.7 cm³/mol. The van der Waals surface area contributed by atoms with Crippen molar-refractivity contribution in [3.05, 3.63) is 64.6 Å². The Hall–Kier alpha value is -2.33. The molecule has 5 heteroatoms. The molecule has 0 atom stereocenters. The molecule has 1 N–H and O–H groups in total. The summed E-state index contributed by atoms with van der Waals surface area (Å²) in [6.07, 6.45) is 1.76. The first-order chi connectivity index (χ1) is 10.5. The van der Waals surface area contributed by atoms with Crippen LogP contribution < -0.4 is 5.32 Å². The number of fused-ring (bicyclic) bond motifs is 1. The molecule has 0 saturated carbocycles. The molecule has 1 aromatic heterocycles. The summed E-state index contributed by atoms with van der Waals surface area (Å²) in [7, 11) is 0. The normalized spacial score (nSPS) is 10.9. The average Bonchev–Trinajstić information content (AvgIpc) is 2.85. The summed E-state index contributed by atoms with van der Waals surface area (Å²) in [5.41, 5.74) is 3.12. The monoisotopic (exact) mass is 317 g/mol. The number of rotatable bonds is 3. The van der Waals surface area contributed by atoms with Gasteiger partial charge in [0.1, 0.15) is 11.4 Å². The van der Waals surface area contributed by atoms with E-state index >= 15 is 0 Å². The predicted octanol–water partition coefficient (Wildman–Crippen LogP) is 4.71. The number of carbonyl (C=O) groups excluding carboxylic acids is 1. The van der Waals surface area contributed by atoms with Crippen LogP contribution >= 0.6 is 11.6 Å². The SMILES string of the molecule is Cc1ccc2c(CC(=O)Nc3ccc(F)c(Cl)c3)coc2c1. The minimum absolute atomic E-state index is 0.0259. The number of hydrogen-bond acceptors (Lipinski definition) is 2. The molecule has 2 aromatic carbocycles. The standard InChI is InChI=1S/C17H13ClFNO2/c1-10-2-4-13-11(9-22-16(13)6-10)7-17(21)20-12-3-5-15(19)14(18)8-12/h2-6,8-9H,7H2,1H3,(H,20,21). The number of aryl methyl sites for hydroxylation is 1. The molecule has 112 valence electrons. The third-order valence-corrected chi connectivity index (χ3v) is 3.66. The van der Waals surface area contributed by atoms with Crippen molar-refractivity contribution < 1.29 is 13.6 Å². The summed E-state index contributed by atoms with van der Waals surface area (Å²) in [6.45, 7) is 1.98. The molecule has 0 fully saturated rings. The van der Waals surface area contributed by atoms with Gasteiger partial charge < -0.3 is 9.73 Å². The molecule has 1 heterocycles. The zero-order valence-corrected chi connectivity index (χ0v) is 12.6. The van der Waals surface area contributed by atoms with Crippen LogP contribution in [0.25, 0.3) is 11.0 Å². The number of hydrogen-bond donors (Lipinski definition) is 1. The molecule has 1 amide bonds. The van der Waals surface area contributed by atoms with E-state index in [1.807, 2.05) is 25.1 Å². The van der Waals surface area contributed by atoms with E-state index in [1.54, 1.807) is 6.26 Å². The van der Waals surface area contributed by atoms with Crippen LogP contribution in [0.2, 0.25) is 5.02 Å². The molecular formula is C17H13ClFNO2. The fourth-order valence-corrected chi connectivity index (χ4v) is 2.46. The summed E-state index contributed by atoms with van der Waals surface area (Å²) in [6, 6.07) is 9.90. The van der Waals surface area contributed by atoms with Crippen molar-refractivity contribution in [3.8, 4) is 0 Å². The number of benzene rings is 2. The Morgan fingerprint density at radius 2 is 2.09 bits per heavy atom. The van der Waals surface area contributed by atoms with Crippen LogP contribution in [0.4, 0.5) is 10.1 Å². The fraction of sp³-hybridized carbons (Fsp3) is 0.118. The molecule has 0 bridgehead atoms. The van der Waals surface area contributed by atoms with E-state index in [9.17, 15) is 9.18 Å². The molecule has 3 rings (SSSR count). The maximum atomic E-state index is 13.1. The van der Waals surface area contributed by atoms with E-state index in [4.69, 9.17) is 16.0 Å². The van der Waals surface area contributed by atoms with E-state index in [2.05, 4.69) is 5.32 Å². The lowest BCUT2D eigenvalue weighted by Gasteiger charge is -2.05. The highest BCUT2D eigenvalue weighted by molar-refractivity contribution is 6.31. The topological polar surface area (TPSA) is 42.2 Å². The minimum atomic E-state index is -0.518. The van der Waals surface area contributed by atoms with Gasteiger partial charge in [0.25, 0.3) is 0 Å². The van der Waals surface area contributed by atoms with Gasteiger partial charge in [0.15, 0.2) is 0 Å². The van der Waals surface area contributed by atoms with Gasteiger partial charge in [-0.05, 0) is 36.8 Å². The Balaban J connectivity index is 1.76. The van der Waals surface area contributed by atoms with E-state index in [1.165, 1.54) is 18.2 Å². The first-order valence-corrected chi connectivity index (χ1v) is 7.12. The lowest BCUT2D eigenvalue weighted by atomic mass is 10.1. The molecule has 0 spiro atoms. The Morgan fingerprint density at radius 3 is 2.86 bits per heavy atom. The molecule has 0 aliphatic carbocycles. The molecule has 0 saturated heterocycles. The summed E-state index contributed by atoms with van der Waals surface area (Å²) in [5.74, 6) is -0.734. The highest BCUT2D eigenvalue weighted by Crippen LogP contribution is 2.24. The molecular weight excluding hydrogens is 305 g/mol. The van der Waals surface area contributed by atoms with Crippen LogP contribution in [-0.4, -0.2) is 5.91 Å². The summed E-state index contributed by atoms with van der Waals surface area (Å²) >= 11 is 5.69. The van der Waals surface area contributed by atoms with Gasteiger partial charge in [-0.15, -0.1) is 0 Å². The maximum absolute atomic E-state index is 13.1. The van der Waals surface area contributed by atoms with Crippen LogP contribution in [0, 0.1) is 12.7 Å². The quantitative estimate of drug-likeness (QED) is 0.759. The number of halogens is 2. The van der Waals surface area contributed by atoms with Gasteiger partial charge in [0.2, 0.25) is 5.91 Å². The summed E-state index contributed by atoms with van der Waals surface area (Å²) < 4.78 is 18.6. The minimum Gasteiger partial charge on any atom is -0.464 e. The smallest absolute Gasteiger partial charge is 0.228 e. The van der Waals surface area contributed by atoms with Crippen molar-refractivity contribution in [1.82, 2.24) is 0 Å². The molecule has 22 heavy (non-hydrogen) atoms. The maximum Gasteiger partial charge on any atom is 0.228 e. The first kappa shape index (κ1) is 14.6. The molecule has 3 nitrogen and oxygen atoms in total. The van der Waals surface area contributed by atoms with Crippen LogP contribution in [0.15, 0.2) is 47.1 Å². The van der Waals surface area contributed by atoms with Crippen LogP contribution in [-0.2, 0) is 11.2 Å². The van der Waals surface area contributed by atoms with Crippen molar-refractivity contribution in [2.45, 2.75) is 13.3 Å². The number of amides is 1. The van der Waals surface area contributed by atoms with E-state index in [0.29, 0.717) is 5.69 Å². The van der Waals surface area contributed by atoms with Gasteiger partial charge in [-0.25, -0.2) is 4.39 Å². The molecule has 0 aliphatic heterocycles. The van der Waals surface area contributed by atoms with Gasteiger partial charge in [0.05, 0.1) is 17.7 Å². The van der Waals surface area contributed by atoms with E-state index in [-0.39, 0.29) is 17.4 Å². The highest BCUT2D eigenvalue weighted by atomic mass is 35.5. The van der Waals surface area contributed by atoms with Gasteiger partial charge >= 0.3 is 0 Å². The van der Waals surface area contributed by atoms with Crippen molar-refractivity contribution in [1.29, 1.82) is 0 Å². The lowest BCUT2D eigenvalue weighted by molar-refractivity contribution is -0.115. The van der Waals surface area contributed by atoms with Crippen molar-refractivity contribution >= 4 is 34.2 Å². The Morgan fingerprint density at radius 1 is 1.27 bits per heavy atom. The van der Waals surface area contributed by atoms with Crippen LogP contribution in [0.1, 0.15) is 11.1 Å².